The van der Waals surface area contributed by atoms with Crippen LogP contribution < -0.4 is 21.4 Å². The Morgan fingerprint density at radius 3 is 2.44 bits per heavy atom. The van der Waals surface area contributed by atoms with Crippen LogP contribution in [0.3, 0.4) is 0 Å². The third kappa shape index (κ3) is 6.85. The Balaban J connectivity index is 1.13. The summed E-state index contributed by atoms with van der Waals surface area (Å²) in [5.41, 5.74) is 3.70. The Morgan fingerprint density at radius 1 is 0.769 bits per heavy atom. The molecule has 6 fully saturated rings. The van der Waals surface area contributed by atoms with Gasteiger partial charge in [0.1, 0.15) is 6.29 Å². The molecule has 5 aliphatic heterocycles. The molecular formula is C31H60N8. The van der Waals surface area contributed by atoms with E-state index in [9.17, 15) is 0 Å². The average Bonchev–Trinajstić information content (AvgIpc) is 3.45. The summed E-state index contributed by atoms with van der Waals surface area (Å²) in [4.78, 5) is 8.15. The summed E-state index contributed by atoms with van der Waals surface area (Å²) in [5.74, 6) is 3.10. The number of hydrazine groups is 1. The first-order valence-electron chi connectivity index (χ1n) is 16.8. The van der Waals surface area contributed by atoms with Crippen LogP contribution in [-0.4, -0.2) is 123 Å². The van der Waals surface area contributed by atoms with Crippen molar-refractivity contribution in [2.24, 2.45) is 23.7 Å². The number of likely N-dealkylation sites (N-methyl/N-ethyl adjacent to an activating group) is 1. The van der Waals surface area contributed by atoms with E-state index in [-0.39, 0.29) is 0 Å². The van der Waals surface area contributed by atoms with E-state index in [4.69, 9.17) is 0 Å². The maximum Gasteiger partial charge on any atom is 0.115 e. The van der Waals surface area contributed by atoms with Gasteiger partial charge in [-0.05, 0) is 76.7 Å². The second kappa shape index (κ2) is 12.9. The Kier molecular flexibility index (Phi) is 9.52. The first-order chi connectivity index (χ1) is 18.9. The van der Waals surface area contributed by atoms with Gasteiger partial charge in [-0.25, -0.2) is 5.01 Å². The summed E-state index contributed by atoms with van der Waals surface area (Å²) in [6.45, 7) is 14.8. The molecular weight excluding hydrogens is 484 g/mol. The molecule has 8 nitrogen and oxygen atoms in total. The standard InChI is InChI=1S/C31H60N8/c1-22-7-5-6-8-29-26(19-33-37(29)4)28-16-25(15-23(2)34-28)18-32-31-35-27-10-9-24(17-30(27)39(31)20-22)21-38-13-11-36(3)12-14-38/h22-35H,5-21H2,1-4H3/t22-,23?,24?,25?,26?,27?,28?,29?,30?,31?/m1/s1. The number of hydrogen-bond donors (Lipinski definition) is 4. The monoisotopic (exact) mass is 544 g/mol. The number of rotatable bonds is 2. The summed E-state index contributed by atoms with van der Waals surface area (Å²) in [6, 6.07) is 3.29. The zero-order valence-electron chi connectivity index (χ0n) is 25.6. The van der Waals surface area contributed by atoms with Gasteiger partial charge in [-0.3, -0.25) is 21.0 Å². The van der Waals surface area contributed by atoms with Crippen LogP contribution >= 0.6 is 0 Å². The lowest BCUT2D eigenvalue weighted by Gasteiger charge is -2.41. The van der Waals surface area contributed by atoms with Crippen LogP contribution in [-0.2, 0) is 0 Å². The van der Waals surface area contributed by atoms with Crippen LogP contribution in [0.1, 0.15) is 71.6 Å². The van der Waals surface area contributed by atoms with Gasteiger partial charge in [-0.15, -0.1) is 0 Å². The molecule has 0 aromatic rings. The molecule has 5 saturated heterocycles. The summed E-state index contributed by atoms with van der Waals surface area (Å²) < 4.78 is 0. The Hall–Kier alpha value is -0.320. The quantitative estimate of drug-likeness (QED) is 0.421. The topological polar surface area (TPSA) is 61.1 Å². The second-order valence-corrected chi connectivity index (χ2v) is 14.7. The number of piperidine rings is 1. The zero-order valence-corrected chi connectivity index (χ0v) is 25.6. The average molecular weight is 545 g/mol. The van der Waals surface area contributed by atoms with E-state index >= 15 is 0 Å². The molecule has 0 amide bonds. The third-order valence-electron chi connectivity index (χ3n) is 11.6. The van der Waals surface area contributed by atoms with Crippen LogP contribution in [0.2, 0.25) is 0 Å². The lowest BCUT2D eigenvalue weighted by atomic mass is 9.79. The van der Waals surface area contributed by atoms with Gasteiger partial charge in [0.05, 0.1) is 0 Å². The number of fused-ring (bicyclic) bond motifs is 7. The molecule has 39 heavy (non-hydrogen) atoms. The molecule has 8 heteroatoms. The van der Waals surface area contributed by atoms with Crippen molar-refractivity contribution in [2.75, 3.05) is 66.5 Å². The van der Waals surface area contributed by atoms with Crippen molar-refractivity contribution in [3.63, 3.8) is 0 Å². The third-order valence-corrected chi connectivity index (χ3v) is 11.6. The largest absolute Gasteiger partial charge is 0.311 e. The van der Waals surface area contributed by atoms with Gasteiger partial charge < -0.3 is 15.1 Å². The first-order valence-corrected chi connectivity index (χ1v) is 16.8. The maximum atomic E-state index is 4.13. The van der Waals surface area contributed by atoms with Crippen molar-refractivity contribution in [2.45, 2.75) is 108 Å². The smallest absolute Gasteiger partial charge is 0.115 e. The molecule has 224 valence electrons. The molecule has 0 radical (unpaired) electrons. The fraction of sp³-hybridized carbons (Fsp3) is 1.00. The van der Waals surface area contributed by atoms with E-state index in [0.717, 1.165) is 36.8 Å². The molecule has 0 spiro atoms. The highest BCUT2D eigenvalue weighted by Gasteiger charge is 2.45. The van der Waals surface area contributed by atoms with E-state index in [1.165, 1.54) is 97.1 Å². The lowest BCUT2D eigenvalue weighted by Crippen LogP contribution is -2.55. The Morgan fingerprint density at radius 2 is 1.59 bits per heavy atom. The number of piperazine rings is 1. The molecule has 1 saturated carbocycles. The van der Waals surface area contributed by atoms with Crippen molar-refractivity contribution < 1.29 is 0 Å². The predicted octanol–water partition coefficient (Wildman–Crippen LogP) is 1.95. The zero-order chi connectivity index (χ0) is 26.9. The second-order valence-electron chi connectivity index (χ2n) is 14.7. The van der Waals surface area contributed by atoms with E-state index in [1.54, 1.807) is 0 Å². The van der Waals surface area contributed by atoms with E-state index in [2.05, 4.69) is 69.0 Å². The van der Waals surface area contributed by atoms with Crippen LogP contribution in [0.25, 0.3) is 0 Å². The summed E-state index contributed by atoms with van der Waals surface area (Å²) in [6.07, 6.45) is 12.5. The van der Waals surface area contributed by atoms with Crippen LogP contribution in [0.15, 0.2) is 0 Å². The molecule has 9 unspecified atom stereocenters. The van der Waals surface area contributed by atoms with Crippen LogP contribution in [0.4, 0.5) is 0 Å². The van der Waals surface area contributed by atoms with Crippen molar-refractivity contribution in [3.8, 4) is 0 Å². The van der Waals surface area contributed by atoms with Crippen LogP contribution in [0.5, 0.6) is 0 Å². The molecule has 0 aromatic carbocycles. The summed E-state index contributed by atoms with van der Waals surface area (Å²) >= 11 is 0. The van der Waals surface area contributed by atoms with Gasteiger partial charge in [-0.1, -0.05) is 19.8 Å². The van der Waals surface area contributed by atoms with Gasteiger partial charge in [0, 0.05) is 95.5 Å². The lowest BCUT2D eigenvalue weighted by molar-refractivity contribution is 0.0798. The fourth-order valence-electron chi connectivity index (χ4n) is 9.37. The minimum Gasteiger partial charge on any atom is -0.311 e. The van der Waals surface area contributed by atoms with E-state index < -0.39 is 0 Å². The van der Waals surface area contributed by atoms with Crippen molar-refractivity contribution in [1.29, 1.82) is 0 Å². The van der Waals surface area contributed by atoms with Crippen molar-refractivity contribution >= 4 is 0 Å². The van der Waals surface area contributed by atoms with Gasteiger partial charge in [0.15, 0.2) is 0 Å². The Bertz CT molecular complexity index is 774. The highest BCUT2D eigenvalue weighted by molar-refractivity contribution is 5.01. The SMILES string of the molecule is CC1CC2CNC3NC4CCC(CN5CCN(C)CC5)CC4N3C[C@H](C)CCCCC3C(CNN3C)C(C2)N1. The minimum atomic E-state index is 0.352. The molecule has 5 heterocycles. The summed E-state index contributed by atoms with van der Waals surface area (Å²) in [5, 5.41) is 14.7. The van der Waals surface area contributed by atoms with Gasteiger partial charge in [0.25, 0.3) is 0 Å². The molecule has 4 N–H and O–H groups in total. The summed E-state index contributed by atoms with van der Waals surface area (Å²) in [7, 11) is 4.56. The van der Waals surface area contributed by atoms with E-state index in [0.29, 0.717) is 36.5 Å². The number of nitrogens with zero attached hydrogens (tertiary/aromatic N) is 4. The fourth-order valence-corrected chi connectivity index (χ4v) is 9.37. The molecule has 1 aliphatic carbocycles. The highest BCUT2D eigenvalue weighted by Crippen LogP contribution is 2.36. The highest BCUT2D eigenvalue weighted by atomic mass is 15.5. The molecule has 6 rings (SSSR count). The van der Waals surface area contributed by atoms with Gasteiger partial charge >= 0.3 is 0 Å². The Labute approximate surface area is 239 Å². The minimum absolute atomic E-state index is 0.352. The number of hydrogen-bond acceptors (Lipinski definition) is 8. The van der Waals surface area contributed by atoms with Gasteiger partial charge in [-0.2, -0.15) is 0 Å². The van der Waals surface area contributed by atoms with E-state index in [1.807, 2.05) is 0 Å². The normalized spacial score (nSPS) is 46.2. The number of nitrogens with one attached hydrogen (secondary N) is 4. The first kappa shape index (κ1) is 28.8. The van der Waals surface area contributed by atoms with Crippen molar-refractivity contribution in [3.05, 3.63) is 0 Å². The molecule has 0 aromatic heterocycles. The predicted molar refractivity (Wildman–Crippen MR) is 160 cm³/mol. The van der Waals surface area contributed by atoms with Crippen LogP contribution in [0, 0.1) is 23.7 Å². The van der Waals surface area contributed by atoms with Crippen molar-refractivity contribution in [1.82, 2.24) is 41.1 Å². The molecule has 2 bridgehead atoms. The van der Waals surface area contributed by atoms with Gasteiger partial charge in [0.2, 0.25) is 0 Å². The molecule has 10 atom stereocenters. The maximum absolute atomic E-state index is 4.13. The molecule has 6 aliphatic rings.